The van der Waals surface area contributed by atoms with Crippen LogP contribution in [0.5, 0.6) is 5.75 Å². The Morgan fingerprint density at radius 3 is 2.32 bits per heavy atom. The second-order valence-electron chi connectivity index (χ2n) is 9.81. The Balaban J connectivity index is 1.54. The zero-order valence-corrected chi connectivity index (χ0v) is 22.9. The van der Waals surface area contributed by atoms with Crippen LogP contribution in [0.15, 0.2) is 71.6 Å². The maximum atomic E-state index is 13.6. The standard InChI is InChI=1S/C29H35N3O5S/c1-21(29(34)30-25-10-6-7-11-25)32(19-22-12-15-26(37-3)16-13-22)28(33)20-31(2)38(35,36)27-17-14-23-8-4-5-9-24(23)18-27/h4-5,8-9,12-18,21,25H,6-7,10-11,19-20H2,1-3H3,(H,30,34)/t21-/m1/s1. The fourth-order valence-electron chi connectivity index (χ4n) is 4.78. The van der Waals surface area contributed by atoms with Crippen molar-refractivity contribution >= 4 is 32.6 Å². The number of likely N-dealkylation sites (N-methyl/N-ethyl adjacent to an activating group) is 1. The Labute approximate surface area is 224 Å². The summed E-state index contributed by atoms with van der Waals surface area (Å²) in [6, 6.07) is 19.0. The molecule has 0 heterocycles. The molecule has 8 nitrogen and oxygen atoms in total. The molecule has 1 aliphatic rings. The first-order valence-electron chi connectivity index (χ1n) is 12.9. The van der Waals surface area contributed by atoms with Gasteiger partial charge in [-0.15, -0.1) is 0 Å². The summed E-state index contributed by atoms with van der Waals surface area (Å²) >= 11 is 0. The minimum absolute atomic E-state index is 0.110. The maximum Gasteiger partial charge on any atom is 0.243 e. The third-order valence-electron chi connectivity index (χ3n) is 7.17. The first-order valence-corrected chi connectivity index (χ1v) is 14.3. The van der Waals surface area contributed by atoms with Gasteiger partial charge in [0.05, 0.1) is 18.6 Å². The van der Waals surface area contributed by atoms with Crippen LogP contribution < -0.4 is 10.1 Å². The molecular formula is C29H35N3O5S. The minimum atomic E-state index is -3.94. The minimum Gasteiger partial charge on any atom is -0.497 e. The monoisotopic (exact) mass is 537 g/mol. The first-order chi connectivity index (χ1) is 18.2. The molecule has 2 amide bonds. The summed E-state index contributed by atoms with van der Waals surface area (Å²) in [5.41, 5.74) is 0.805. The largest absolute Gasteiger partial charge is 0.497 e. The highest BCUT2D eigenvalue weighted by Gasteiger charge is 2.31. The van der Waals surface area contributed by atoms with Crippen LogP contribution in [-0.4, -0.2) is 62.2 Å². The molecule has 0 bridgehead atoms. The number of fused-ring (bicyclic) bond motifs is 1. The van der Waals surface area contributed by atoms with Gasteiger partial charge in [0, 0.05) is 19.6 Å². The van der Waals surface area contributed by atoms with Crippen LogP contribution in [0.2, 0.25) is 0 Å². The van der Waals surface area contributed by atoms with E-state index in [1.54, 1.807) is 44.4 Å². The van der Waals surface area contributed by atoms with Crippen molar-refractivity contribution in [1.29, 1.82) is 0 Å². The first kappa shape index (κ1) is 27.6. The SMILES string of the molecule is COc1ccc(CN(C(=O)CN(C)S(=O)(=O)c2ccc3ccccc3c2)[C@H](C)C(=O)NC2CCCC2)cc1. The van der Waals surface area contributed by atoms with E-state index in [9.17, 15) is 18.0 Å². The van der Waals surface area contributed by atoms with E-state index in [1.165, 1.54) is 11.9 Å². The Kier molecular flexibility index (Phi) is 8.69. The molecule has 0 spiro atoms. The fraction of sp³-hybridized carbons (Fsp3) is 0.379. The van der Waals surface area contributed by atoms with Gasteiger partial charge in [-0.25, -0.2) is 8.42 Å². The number of amides is 2. The van der Waals surface area contributed by atoms with Gasteiger partial charge in [0.1, 0.15) is 11.8 Å². The number of hydrogen-bond donors (Lipinski definition) is 1. The molecule has 0 unspecified atom stereocenters. The van der Waals surface area contributed by atoms with Crippen LogP contribution in [0.4, 0.5) is 0 Å². The normalized spacial score (nSPS) is 14.9. The molecule has 1 saturated carbocycles. The van der Waals surface area contributed by atoms with Crippen LogP contribution in [0.25, 0.3) is 10.8 Å². The van der Waals surface area contributed by atoms with Crippen LogP contribution in [0, 0.1) is 0 Å². The summed E-state index contributed by atoms with van der Waals surface area (Å²) in [5.74, 6) is -0.0135. The summed E-state index contributed by atoms with van der Waals surface area (Å²) in [5, 5.41) is 4.79. The molecule has 1 fully saturated rings. The number of ether oxygens (including phenoxy) is 1. The Morgan fingerprint density at radius 1 is 1.00 bits per heavy atom. The summed E-state index contributed by atoms with van der Waals surface area (Å²) in [6.45, 7) is 1.45. The van der Waals surface area contributed by atoms with Crippen molar-refractivity contribution in [2.75, 3.05) is 20.7 Å². The van der Waals surface area contributed by atoms with Crippen molar-refractivity contribution < 1.29 is 22.7 Å². The number of benzene rings is 3. The van der Waals surface area contributed by atoms with Crippen molar-refractivity contribution in [2.24, 2.45) is 0 Å². The number of nitrogens with zero attached hydrogens (tertiary/aromatic N) is 2. The van der Waals surface area contributed by atoms with Crippen molar-refractivity contribution in [3.63, 3.8) is 0 Å². The number of hydrogen-bond acceptors (Lipinski definition) is 5. The Hall–Kier alpha value is -3.43. The summed E-state index contributed by atoms with van der Waals surface area (Å²) in [6.07, 6.45) is 4.01. The number of carbonyl (C=O) groups excluding carboxylic acids is 2. The van der Waals surface area contributed by atoms with E-state index in [0.29, 0.717) is 5.75 Å². The van der Waals surface area contributed by atoms with E-state index in [2.05, 4.69) is 5.32 Å². The predicted octanol–water partition coefficient (Wildman–Crippen LogP) is 3.95. The van der Waals surface area contributed by atoms with E-state index in [1.807, 2.05) is 36.4 Å². The van der Waals surface area contributed by atoms with Gasteiger partial charge in [0.25, 0.3) is 0 Å². The lowest BCUT2D eigenvalue weighted by atomic mass is 10.1. The van der Waals surface area contributed by atoms with E-state index >= 15 is 0 Å². The van der Waals surface area contributed by atoms with Crippen molar-refractivity contribution in [3.05, 3.63) is 72.3 Å². The lowest BCUT2D eigenvalue weighted by Gasteiger charge is -2.31. The summed E-state index contributed by atoms with van der Waals surface area (Å²) in [4.78, 5) is 28.2. The molecule has 1 aliphatic carbocycles. The molecule has 38 heavy (non-hydrogen) atoms. The lowest BCUT2D eigenvalue weighted by molar-refractivity contribution is -0.140. The van der Waals surface area contributed by atoms with Crippen LogP contribution in [0.3, 0.4) is 0 Å². The van der Waals surface area contributed by atoms with Gasteiger partial charge in [-0.3, -0.25) is 9.59 Å². The quantitative estimate of drug-likeness (QED) is 0.423. The molecule has 3 aromatic rings. The van der Waals surface area contributed by atoms with Crippen LogP contribution >= 0.6 is 0 Å². The lowest BCUT2D eigenvalue weighted by Crippen LogP contribution is -2.52. The molecule has 9 heteroatoms. The molecule has 0 radical (unpaired) electrons. The number of methoxy groups -OCH3 is 1. The second-order valence-corrected chi connectivity index (χ2v) is 11.9. The molecule has 0 saturated heterocycles. The molecule has 1 atom stereocenters. The highest BCUT2D eigenvalue weighted by molar-refractivity contribution is 7.89. The fourth-order valence-corrected chi connectivity index (χ4v) is 5.93. The van der Waals surface area contributed by atoms with Gasteiger partial charge < -0.3 is 15.0 Å². The molecule has 3 aromatic carbocycles. The molecule has 0 aliphatic heterocycles. The number of sulfonamides is 1. The predicted molar refractivity (Wildman–Crippen MR) is 147 cm³/mol. The van der Waals surface area contributed by atoms with Gasteiger partial charge in [-0.1, -0.05) is 55.3 Å². The molecule has 1 N–H and O–H groups in total. The average molecular weight is 538 g/mol. The van der Waals surface area contributed by atoms with E-state index in [-0.39, 0.29) is 23.4 Å². The van der Waals surface area contributed by atoms with Crippen LogP contribution in [0.1, 0.15) is 38.2 Å². The topological polar surface area (TPSA) is 96.0 Å². The number of rotatable bonds is 10. The van der Waals surface area contributed by atoms with Gasteiger partial charge in [-0.2, -0.15) is 4.31 Å². The van der Waals surface area contributed by atoms with Gasteiger partial charge in [-0.05, 0) is 60.4 Å². The summed E-state index contributed by atoms with van der Waals surface area (Å²) < 4.78 is 33.0. The van der Waals surface area contributed by atoms with Gasteiger partial charge in [0.15, 0.2) is 0 Å². The van der Waals surface area contributed by atoms with Crippen LogP contribution in [-0.2, 0) is 26.2 Å². The van der Waals surface area contributed by atoms with E-state index < -0.39 is 28.5 Å². The van der Waals surface area contributed by atoms with E-state index in [4.69, 9.17) is 4.74 Å². The van der Waals surface area contributed by atoms with Crippen molar-refractivity contribution in [3.8, 4) is 5.75 Å². The molecule has 0 aromatic heterocycles. The highest BCUT2D eigenvalue weighted by atomic mass is 32.2. The maximum absolute atomic E-state index is 13.6. The smallest absolute Gasteiger partial charge is 0.243 e. The zero-order valence-electron chi connectivity index (χ0n) is 22.1. The zero-order chi connectivity index (χ0) is 27.3. The number of nitrogens with one attached hydrogen (secondary N) is 1. The van der Waals surface area contributed by atoms with Crippen molar-refractivity contribution in [2.45, 2.75) is 56.1 Å². The highest BCUT2D eigenvalue weighted by Crippen LogP contribution is 2.23. The third-order valence-corrected chi connectivity index (χ3v) is 8.97. The van der Waals surface area contributed by atoms with E-state index in [0.717, 1.165) is 46.3 Å². The van der Waals surface area contributed by atoms with Gasteiger partial charge in [0.2, 0.25) is 21.8 Å². The average Bonchev–Trinajstić information content (AvgIpc) is 3.44. The summed E-state index contributed by atoms with van der Waals surface area (Å²) in [7, 11) is -0.975. The van der Waals surface area contributed by atoms with Crippen molar-refractivity contribution in [1.82, 2.24) is 14.5 Å². The number of carbonyl (C=O) groups is 2. The Bertz CT molecular complexity index is 1380. The molecular weight excluding hydrogens is 502 g/mol. The Morgan fingerprint density at radius 2 is 1.66 bits per heavy atom. The second kappa shape index (κ2) is 12.0. The molecule has 202 valence electrons. The molecule has 4 rings (SSSR count). The third kappa shape index (κ3) is 6.34. The van der Waals surface area contributed by atoms with Gasteiger partial charge >= 0.3 is 0 Å².